The fraction of sp³-hybridized carbons (Fsp3) is 0.833. The molecule has 20 heavy (non-hydrogen) atoms. The second-order valence-electron chi connectivity index (χ2n) is 5.43. The molecule has 2 aliphatic rings. The van der Waals surface area contributed by atoms with Crippen molar-refractivity contribution in [2.24, 2.45) is 5.92 Å². The number of aliphatic carboxylic acids is 1. The van der Waals surface area contributed by atoms with Crippen LogP contribution in [0.4, 0.5) is 0 Å². The van der Waals surface area contributed by atoms with Gasteiger partial charge < -0.3 is 10.4 Å². The van der Waals surface area contributed by atoms with E-state index >= 15 is 0 Å². The van der Waals surface area contributed by atoms with E-state index in [4.69, 9.17) is 5.11 Å². The molecule has 0 bridgehead atoms. The summed E-state index contributed by atoms with van der Waals surface area (Å²) in [4.78, 5) is 22.6. The Balaban J connectivity index is 1.73. The first-order chi connectivity index (χ1) is 9.38. The number of carboxylic acids is 1. The van der Waals surface area contributed by atoms with E-state index in [0.717, 1.165) is 0 Å². The summed E-state index contributed by atoms with van der Waals surface area (Å²) in [5.41, 5.74) is 0. The Kier molecular flexibility index (Phi) is 4.64. The standard InChI is InChI=1S/C12H20N2O5S/c15-11(4-6-14-5-1-7-20(14,18)19)13-10-3-2-9(8-10)12(16)17/h9-10H,1-8H2,(H,13,15)(H,16,17)/t9-,10+/m0/s1. The molecule has 1 saturated heterocycles. The maximum absolute atomic E-state index is 11.8. The van der Waals surface area contributed by atoms with Gasteiger partial charge in [-0.05, 0) is 25.7 Å². The monoisotopic (exact) mass is 304 g/mol. The van der Waals surface area contributed by atoms with E-state index in [1.54, 1.807) is 0 Å². The lowest BCUT2D eigenvalue weighted by molar-refractivity contribution is -0.141. The van der Waals surface area contributed by atoms with Crippen molar-refractivity contribution in [1.29, 1.82) is 0 Å². The van der Waals surface area contributed by atoms with Gasteiger partial charge in [-0.2, -0.15) is 0 Å². The van der Waals surface area contributed by atoms with Crippen LogP contribution in [0.15, 0.2) is 0 Å². The zero-order valence-corrected chi connectivity index (χ0v) is 12.1. The molecule has 2 atom stereocenters. The van der Waals surface area contributed by atoms with Crippen LogP contribution in [0.25, 0.3) is 0 Å². The van der Waals surface area contributed by atoms with Crippen LogP contribution < -0.4 is 5.32 Å². The smallest absolute Gasteiger partial charge is 0.306 e. The minimum atomic E-state index is -3.15. The average Bonchev–Trinajstić information content (AvgIpc) is 2.93. The quantitative estimate of drug-likeness (QED) is 0.731. The Morgan fingerprint density at radius 3 is 2.60 bits per heavy atom. The Labute approximate surface area is 118 Å². The average molecular weight is 304 g/mol. The van der Waals surface area contributed by atoms with Crippen LogP contribution in [-0.2, 0) is 19.6 Å². The zero-order chi connectivity index (χ0) is 14.8. The first-order valence-corrected chi connectivity index (χ1v) is 8.49. The van der Waals surface area contributed by atoms with Crippen molar-refractivity contribution in [3.63, 3.8) is 0 Å². The van der Waals surface area contributed by atoms with Crippen LogP contribution in [0.5, 0.6) is 0 Å². The number of hydrogen-bond acceptors (Lipinski definition) is 4. The van der Waals surface area contributed by atoms with Crippen molar-refractivity contribution >= 4 is 21.9 Å². The van der Waals surface area contributed by atoms with Crippen molar-refractivity contribution in [2.75, 3.05) is 18.8 Å². The highest BCUT2D eigenvalue weighted by atomic mass is 32.2. The molecule has 1 aliphatic carbocycles. The van der Waals surface area contributed by atoms with Gasteiger partial charge in [0.25, 0.3) is 0 Å². The van der Waals surface area contributed by atoms with Gasteiger partial charge in [-0.3, -0.25) is 9.59 Å². The number of hydrogen-bond donors (Lipinski definition) is 2. The number of nitrogens with zero attached hydrogens (tertiary/aromatic N) is 1. The number of carbonyl (C=O) groups excluding carboxylic acids is 1. The predicted octanol–water partition coefficient (Wildman–Crippen LogP) is -0.218. The molecule has 0 aromatic heterocycles. The lowest BCUT2D eigenvalue weighted by Crippen LogP contribution is -2.36. The summed E-state index contributed by atoms with van der Waals surface area (Å²) in [7, 11) is -3.15. The highest BCUT2D eigenvalue weighted by Crippen LogP contribution is 2.25. The van der Waals surface area contributed by atoms with Crippen molar-refractivity contribution < 1.29 is 23.1 Å². The molecule has 1 aliphatic heterocycles. The van der Waals surface area contributed by atoms with Crippen molar-refractivity contribution in [1.82, 2.24) is 9.62 Å². The topological polar surface area (TPSA) is 104 Å². The van der Waals surface area contributed by atoms with Crippen molar-refractivity contribution in [3.8, 4) is 0 Å². The zero-order valence-electron chi connectivity index (χ0n) is 11.2. The molecule has 0 spiro atoms. The van der Waals surface area contributed by atoms with Crippen LogP contribution >= 0.6 is 0 Å². The predicted molar refractivity (Wildman–Crippen MR) is 71.5 cm³/mol. The van der Waals surface area contributed by atoms with Crippen LogP contribution in [0.2, 0.25) is 0 Å². The molecule has 2 N–H and O–H groups in total. The SMILES string of the molecule is O=C(CCN1CCCS1(=O)=O)N[C@@H]1CC[C@H](C(=O)O)C1. The molecular formula is C12H20N2O5S. The fourth-order valence-electron chi connectivity index (χ4n) is 2.81. The van der Waals surface area contributed by atoms with Crippen molar-refractivity contribution in [2.45, 2.75) is 38.1 Å². The van der Waals surface area contributed by atoms with E-state index in [1.165, 1.54) is 4.31 Å². The van der Waals surface area contributed by atoms with Gasteiger partial charge in [-0.25, -0.2) is 12.7 Å². The Bertz CT molecular complexity index is 490. The van der Waals surface area contributed by atoms with Crippen molar-refractivity contribution in [3.05, 3.63) is 0 Å². The first kappa shape index (κ1) is 15.2. The minimum Gasteiger partial charge on any atom is -0.481 e. The third-order valence-electron chi connectivity index (χ3n) is 3.94. The number of sulfonamides is 1. The summed E-state index contributed by atoms with van der Waals surface area (Å²) in [5, 5.41) is 11.7. The molecule has 7 nitrogen and oxygen atoms in total. The third kappa shape index (κ3) is 3.69. The Hall–Kier alpha value is -1.15. The van der Waals surface area contributed by atoms with E-state index < -0.39 is 16.0 Å². The highest BCUT2D eigenvalue weighted by Gasteiger charge is 2.31. The molecule has 1 amide bonds. The van der Waals surface area contributed by atoms with Gasteiger partial charge >= 0.3 is 5.97 Å². The van der Waals surface area contributed by atoms with E-state index in [-0.39, 0.29) is 36.6 Å². The highest BCUT2D eigenvalue weighted by molar-refractivity contribution is 7.89. The lowest BCUT2D eigenvalue weighted by atomic mass is 10.1. The number of carboxylic acid groups (broad SMARTS) is 1. The molecule has 0 unspecified atom stereocenters. The summed E-state index contributed by atoms with van der Waals surface area (Å²) in [6, 6.07) is -0.0983. The second-order valence-corrected chi connectivity index (χ2v) is 7.52. The maximum atomic E-state index is 11.8. The number of nitrogens with one attached hydrogen (secondary N) is 1. The summed E-state index contributed by atoms with van der Waals surface area (Å²) in [5.74, 6) is -1.23. The van der Waals surface area contributed by atoms with Gasteiger partial charge in [-0.15, -0.1) is 0 Å². The van der Waals surface area contributed by atoms with Crippen LogP contribution in [-0.4, -0.2) is 54.6 Å². The summed E-state index contributed by atoms with van der Waals surface area (Å²) < 4.78 is 24.5. The maximum Gasteiger partial charge on any atom is 0.306 e. The minimum absolute atomic E-state index is 0.0983. The van der Waals surface area contributed by atoms with Gasteiger partial charge in [0.15, 0.2) is 0 Å². The van der Waals surface area contributed by atoms with E-state index in [9.17, 15) is 18.0 Å². The second kappa shape index (κ2) is 6.09. The lowest BCUT2D eigenvalue weighted by Gasteiger charge is -2.16. The molecule has 8 heteroatoms. The molecule has 1 saturated carbocycles. The Morgan fingerprint density at radius 2 is 2.05 bits per heavy atom. The van der Waals surface area contributed by atoms with Gasteiger partial charge in [0.05, 0.1) is 11.7 Å². The van der Waals surface area contributed by atoms with Gasteiger partial charge in [0, 0.05) is 25.6 Å². The largest absolute Gasteiger partial charge is 0.481 e. The number of carbonyl (C=O) groups is 2. The van der Waals surface area contributed by atoms with Crippen LogP contribution in [0.1, 0.15) is 32.1 Å². The van der Waals surface area contributed by atoms with Crippen LogP contribution in [0.3, 0.4) is 0 Å². The third-order valence-corrected chi connectivity index (χ3v) is 5.89. The van der Waals surface area contributed by atoms with Gasteiger partial charge in [0.2, 0.25) is 15.9 Å². The molecule has 2 rings (SSSR count). The molecule has 0 radical (unpaired) electrons. The Morgan fingerprint density at radius 1 is 1.30 bits per heavy atom. The molecule has 114 valence electrons. The number of rotatable bonds is 5. The number of amides is 1. The van der Waals surface area contributed by atoms with E-state index in [1.807, 2.05) is 0 Å². The summed E-state index contributed by atoms with van der Waals surface area (Å²) in [6.45, 7) is 0.698. The van der Waals surface area contributed by atoms with Gasteiger partial charge in [-0.1, -0.05) is 0 Å². The molecule has 0 aromatic carbocycles. The fourth-order valence-corrected chi connectivity index (χ4v) is 4.33. The first-order valence-electron chi connectivity index (χ1n) is 6.88. The molecule has 2 fully saturated rings. The van der Waals surface area contributed by atoms with Gasteiger partial charge in [0.1, 0.15) is 0 Å². The molecular weight excluding hydrogens is 284 g/mol. The van der Waals surface area contributed by atoms with E-state index in [0.29, 0.717) is 32.2 Å². The summed E-state index contributed by atoms with van der Waals surface area (Å²) >= 11 is 0. The normalized spacial score (nSPS) is 29.4. The van der Waals surface area contributed by atoms with Crippen LogP contribution in [0, 0.1) is 5.92 Å². The molecule has 1 heterocycles. The summed E-state index contributed by atoms with van der Waals surface area (Å²) in [6.07, 6.45) is 2.47. The van der Waals surface area contributed by atoms with E-state index in [2.05, 4.69) is 5.32 Å². The molecule has 0 aromatic rings.